The number of β-amino-alcohol motifs (C(OH)–C–C–N with tert-alkyl or cyclic N) is 1. The van der Waals surface area contributed by atoms with Crippen LogP contribution in [0.2, 0.25) is 0 Å². The van der Waals surface area contributed by atoms with Crippen molar-refractivity contribution in [2.75, 3.05) is 38.2 Å². The fourth-order valence-electron chi connectivity index (χ4n) is 3.97. The van der Waals surface area contributed by atoms with Gasteiger partial charge in [-0.1, -0.05) is 18.2 Å². The molecule has 2 atom stereocenters. The van der Waals surface area contributed by atoms with Crippen molar-refractivity contribution in [1.29, 1.82) is 0 Å². The molecule has 5 nitrogen and oxygen atoms in total. The standard InChI is InChI=1S/C21H26N2O3S/c1-25-18-10-16(11-19(12-18)26-2)13-22-9-8-21(15-22)20(24)14-23(27-21)17-6-4-3-5-7-17/h3-7,10-12,20,24H,8-9,13-15H2,1-2H3/t20-,21+/m0/s1. The van der Waals surface area contributed by atoms with Crippen LogP contribution < -0.4 is 13.8 Å². The third kappa shape index (κ3) is 3.74. The smallest absolute Gasteiger partial charge is 0.122 e. The molecule has 6 heteroatoms. The predicted molar refractivity (Wildman–Crippen MR) is 110 cm³/mol. The van der Waals surface area contributed by atoms with E-state index in [1.807, 2.05) is 24.3 Å². The highest BCUT2D eigenvalue weighted by molar-refractivity contribution is 8.02. The summed E-state index contributed by atoms with van der Waals surface area (Å²) in [5.41, 5.74) is 2.33. The zero-order valence-corrected chi connectivity index (χ0v) is 16.6. The first-order valence-electron chi connectivity index (χ1n) is 9.26. The summed E-state index contributed by atoms with van der Waals surface area (Å²) in [5, 5.41) is 10.8. The van der Waals surface area contributed by atoms with Crippen LogP contribution in [-0.4, -0.2) is 54.7 Å². The van der Waals surface area contributed by atoms with E-state index in [1.54, 1.807) is 26.2 Å². The summed E-state index contributed by atoms with van der Waals surface area (Å²) in [6.45, 7) is 3.36. The molecule has 2 aromatic rings. The van der Waals surface area contributed by atoms with Gasteiger partial charge >= 0.3 is 0 Å². The van der Waals surface area contributed by atoms with Gasteiger partial charge in [0.05, 0.1) is 31.6 Å². The molecule has 2 heterocycles. The van der Waals surface area contributed by atoms with E-state index < -0.39 is 0 Å². The Balaban J connectivity index is 1.46. The number of hydrogen-bond donors (Lipinski definition) is 1. The van der Waals surface area contributed by atoms with E-state index in [2.05, 4.69) is 33.5 Å². The lowest BCUT2D eigenvalue weighted by Gasteiger charge is -2.26. The number of aliphatic hydroxyl groups excluding tert-OH is 1. The van der Waals surface area contributed by atoms with Gasteiger partial charge in [0, 0.05) is 31.4 Å². The molecule has 0 aromatic heterocycles. The molecule has 27 heavy (non-hydrogen) atoms. The van der Waals surface area contributed by atoms with Crippen LogP contribution in [0.4, 0.5) is 5.69 Å². The SMILES string of the molecule is COc1cc(CN2CC[C@]3(C2)SN(c2ccccc2)C[C@@H]3O)cc(OC)c1. The van der Waals surface area contributed by atoms with Crippen molar-refractivity contribution in [3.05, 3.63) is 54.1 Å². The predicted octanol–water partition coefficient (Wildman–Crippen LogP) is 3.18. The normalized spacial score (nSPS) is 25.3. The third-order valence-electron chi connectivity index (χ3n) is 5.44. The lowest BCUT2D eigenvalue weighted by molar-refractivity contribution is 0.145. The number of para-hydroxylation sites is 1. The van der Waals surface area contributed by atoms with Crippen LogP contribution >= 0.6 is 11.9 Å². The molecule has 144 valence electrons. The number of hydrogen-bond acceptors (Lipinski definition) is 6. The van der Waals surface area contributed by atoms with Crippen molar-refractivity contribution in [1.82, 2.24) is 4.90 Å². The van der Waals surface area contributed by atoms with Gasteiger partial charge in [-0.05, 0) is 48.2 Å². The summed E-state index contributed by atoms with van der Waals surface area (Å²) in [6, 6.07) is 16.3. The third-order valence-corrected chi connectivity index (χ3v) is 6.99. The Morgan fingerprint density at radius 2 is 1.81 bits per heavy atom. The maximum Gasteiger partial charge on any atom is 0.122 e. The zero-order chi connectivity index (χ0) is 18.9. The first-order valence-corrected chi connectivity index (χ1v) is 10.0. The van der Waals surface area contributed by atoms with Crippen LogP contribution in [0.1, 0.15) is 12.0 Å². The van der Waals surface area contributed by atoms with Gasteiger partial charge in [-0.25, -0.2) is 0 Å². The molecule has 2 aromatic carbocycles. The molecule has 2 fully saturated rings. The average molecular weight is 387 g/mol. The average Bonchev–Trinajstić information content (AvgIpc) is 3.25. The molecule has 0 saturated carbocycles. The molecule has 0 radical (unpaired) electrons. The second-order valence-corrected chi connectivity index (χ2v) is 8.69. The second kappa shape index (κ2) is 7.62. The van der Waals surface area contributed by atoms with Gasteiger partial charge in [-0.2, -0.15) is 0 Å². The molecule has 4 rings (SSSR count). The number of aliphatic hydroxyl groups is 1. The number of ether oxygens (including phenoxy) is 2. The van der Waals surface area contributed by atoms with Crippen LogP contribution in [0, 0.1) is 0 Å². The van der Waals surface area contributed by atoms with E-state index in [0.717, 1.165) is 43.2 Å². The van der Waals surface area contributed by atoms with E-state index in [-0.39, 0.29) is 10.9 Å². The van der Waals surface area contributed by atoms with Crippen molar-refractivity contribution in [2.45, 2.75) is 23.8 Å². The molecule has 0 aliphatic carbocycles. The van der Waals surface area contributed by atoms with Gasteiger partial charge in [0.25, 0.3) is 0 Å². The van der Waals surface area contributed by atoms with Gasteiger partial charge < -0.3 is 18.9 Å². The maximum atomic E-state index is 10.8. The van der Waals surface area contributed by atoms with E-state index >= 15 is 0 Å². The van der Waals surface area contributed by atoms with Crippen LogP contribution in [0.25, 0.3) is 0 Å². The first kappa shape index (κ1) is 18.5. The highest BCUT2D eigenvalue weighted by Crippen LogP contribution is 2.47. The molecular formula is C21H26N2O3S. The molecular weight excluding hydrogens is 360 g/mol. The summed E-state index contributed by atoms with van der Waals surface area (Å²) in [6.07, 6.45) is 0.663. The molecule has 2 aliphatic rings. The highest BCUT2D eigenvalue weighted by atomic mass is 32.2. The zero-order valence-electron chi connectivity index (χ0n) is 15.8. The second-order valence-electron chi connectivity index (χ2n) is 7.25. The first-order chi connectivity index (χ1) is 13.1. The van der Waals surface area contributed by atoms with Crippen LogP contribution in [0.15, 0.2) is 48.5 Å². The summed E-state index contributed by atoms with van der Waals surface area (Å²) in [5.74, 6) is 1.62. The molecule has 2 saturated heterocycles. The topological polar surface area (TPSA) is 45.2 Å². The molecule has 1 N–H and O–H groups in total. The minimum absolute atomic E-state index is 0.126. The monoisotopic (exact) mass is 386 g/mol. The van der Waals surface area contributed by atoms with Gasteiger partial charge in [0.2, 0.25) is 0 Å². The molecule has 0 amide bonds. The Hall–Kier alpha value is -1.89. The largest absolute Gasteiger partial charge is 0.497 e. The van der Waals surface area contributed by atoms with Crippen molar-refractivity contribution >= 4 is 17.6 Å². The van der Waals surface area contributed by atoms with Crippen molar-refractivity contribution in [3.63, 3.8) is 0 Å². The maximum absolute atomic E-state index is 10.8. The number of nitrogens with zero attached hydrogens (tertiary/aromatic N) is 2. The van der Waals surface area contributed by atoms with Gasteiger partial charge in [0.1, 0.15) is 11.5 Å². The fraction of sp³-hybridized carbons (Fsp3) is 0.429. The summed E-state index contributed by atoms with van der Waals surface area (Å²) >= 11 is 1.80. The van der Waals surface area contributed by atoms with Crippen molar-refractivity contribution in [3.8, 4) is 11.5 Å². The minimum atomic E-state index is -0.326. The van der Waals surface area contributed by atoms with Crippen molar-refractivity contribution in [2.24, 2.45) is 0 Å². The number of anilines is 1. The number of rotatable bonds is 5. The van der Waals surface area contributed by atoms with Crippen LogP contribution in [0.3, 0.4) is 0 Å². The van der Waals surface area contributed by atoms with Crippen LogP contribution in [0.5, 0.6) is 11.5 Å². The van der Waals surface area contributed by atoms with E-state index in [9.17, 15) is 5.11 Å². The Bertz CT molecular complexity index is 766. The molecule has 0 unspecified atom stereocenters. The number of benzene rings is 2. The Morgan fingerprint density at radius 1 is 1.11 bits per heavy atom. The lowest BCUT2D eigenvalue weighted by atomic mass is 10.0. The van der Waals surface area contributed by atoms with Gasteiger partial charge in [0.15, 0.2) is 0 Å². The number of likely N-dealkylation sites (tertiary alicyclic amines) is 1. The van der Waals surface area contributed by atoms with Crippen molar-refractivity contribution < 1.29 is 14.6 Å². The summed E-state index contributed by atoms with van der Waals surface area (Å²) < 4.78 is 12.9. The minimum Gasteiger partial charge on any atom is -0.497 e. The van der Waals surface area contributed by atoms with Crippen LogP contribution in [-0.2, 0) is 6.54 Å². The van der Waals surface area contributed by atoms with E-state index in [0.29, 0.717) is 6.54 Å². The van der Waals surface area contributed by atoms with E-state index in [1.165, 1.54) is 5.56 Å². The number of methoxy groups -OCH3 is 2. The van der Waals surface area contributed by atoms with E-state index in [4.69, 9.17) is 9.47 Å². The van der Waals surface area contributed by atoms with Gasteiger partial charge in [-0.3, -0.25) is 4.90 Å². The highest BCUT2D eigenvalue weighted by Gasteiger charge is 2.51. The lowest BCUT2D eigenvalue weighted by Crippen LogP contribution is -2.39. The van der Waals surface area contributed by atoms with Gasteiger partial charge in [-0.15, -0.1) is 0 Å². The summed E-state index contributed by atoms with van der Waals surface area (Å²) in [7, 11) is 3.35. The molecule has 2 aliphatic heterocycles. The molecule has 1 spiro atoms. The Labute approximate surface area is 165 Å². The Kier molecular flexibility index (Phi) is 5.21. The molecule has 0 bridgehead atoms. The Morgan fingerprint density at radius 3 is 2.48 bits per heavy atom. The quantitative estimate of drug-likeness (QED) is 0.797. The fourth-order valence-corrected chi connectivity index (χ4v) is 5.48. The summed E-state index contributed by atoms with van der Waals surface area (Å²) in [4.78, 5) is 2.42.